The molecule has 0 bridgehead atoms. The molecule has 0 amide bonds. The summed E-state index contributed by atoms with van der Waals surface area (Å²) in [5.41, 5.74) is 2.89. The molecular formula is C19H32FeN2Si. The average molecular weight is 372 g/mol. The number of hydrogen-bond acceptors (Lipinski definition) is 2. The summed E-state index contributed by atoms with van der Waals surface area (Å²) < 4.78 is 0. The van der Waals surface area contributed by atoms with Gasteiger partial charge in [0.05, 0.1) is 0 Å². The fourth-order valence-corrected chi connectivity index (χ4v) is 3.55. The van der Waals surface area contributed by atoms with Crippen molar-refractivity contribution in [3.05, 3.63) is 53.6 Å². The van der Waals surface area contributed by atoms with E-state index in [1.807, 2.05) is 0 Å². The fraction of sp³-hybridized carbons (Fsp3) is 0.474. The van der Waals surface area contributed by atoms with Gasteiger partial charge >= 0.3 is 17.1 Å². The summed E-state index contributed by atoms with van der Waals surface area (Å²) in [6.45, 7) is 9.17. The van der Waals surface area contributed by atoms with Crippen LogP contribution in [0, 0.1) is 0 Å². The molecule has 130 valence electrons. The third kappa shape index (κ3) is 8.68. The minimum absolute atomic E-state index is 0. The summed E-state index contributed by atoms with van der Waals surface area (Å²) >= 11 is 0. The molecule has 2 aromatic rings. The van der Waals surface area contributed by atoms with Gasteiger partial charge in [-0.25, -0.2) is 17.3 Å². The van der Waals surface area contributed by atoms with Crippen molar-refractivity contribution in [2.45, 2.75) is 32.7 Å². The SMILES string of the molecule is CN(C)Cc1cc[cH-]c1CN(C)C.C[Si](C)(C)c1cc[cH-]c1.[Fe+2]. The van der Waals surface area contributed by atoms with E-state index in [1.54, 1.807) is 5.19 Å². The molecule has 2 aromatic carbocycles. The third-order valence-corrected chi connectivity index (χ3v) is 5.57. The molecule has 0 saturated carbocycles. The van der Waals surface area contributed by atoms with Crippen LogP contribution in [0.15, 0.2) is 42.5 Å². The molecule has 2 nitrogen and oxygen atoms in total. The van der Waals surface area contributed by atoms with E-state index in [4.69, 9.17) is 0 Å². The monoisotopic (exact) mass is 372 g/mol. The van der Waals surface area contributed by atoms with Crippen LogP contribution in [-0.2, 0) is 30.2 Å². The molecule has 0 fully saturated rings. The van der Waals surface area contributed by atoms with Crippen LogP contribution in [0.3, 0.4) is 0 Å². The predicted molar refractivity (Wildman–Crippen MR) is 102 cm³/mol. The molecule has 0 N–H and O–H groups in total. The summed E-state index contributed by atoms with van der Waals surface area (Å²) in [6, 6.07) is 15.2. The second-order valence-corrected chi connectivity index (χ2v) is 12.6. The van der Waals surface area contributed by atoms with Gasteiger partial charge in [-0.15, -0.1) is 0 Å². The van der Waals surface area contributed by atoms with Gasteiger partial charge in [0.25, 0.3) is 0 Å². The number of hydrogen-bond donors (Lipinski definition) is 0. The van der Waals surface area contributed by atoms with E-state index in [2.05, 4.69) is 100 Å². The Morgan fingerprint density at radius 1 is 0.913 bits per heavy atom. The van der Waals surface area contributed by atoms with Gasteiger partial charge in [-0.3, -0.25) is 0 Å². The first-order chi connectivity index (χ1) is 10.2. The summed E-state index contributed by atoms with van der Waals surface area (Å²) in [6.07, 6.45) is 0. The molecule has 0 spiro atoms. The summed E-state index contributed by atoms with van der Waals surface area (Å²) in [7, 11) is 7.43. The second kappa shape index (κ2) is 10.3. The Morgan fingerprint density at radius 3 is 1.91 bits per heavy atom. The minimum Gasteiger partial charge on any atom is -0.317 e. The molecule has 0 aliphatic carbocycles. The predicted octanol–water partition coefficient (Wildman–Crippen LogP) is 3.48. The van der Waals surface area contributed by atoms with Crippen molar-refractivity contribution in [3.63, 3.8) is 0 Å². The second-order valence-electron chi connectivity index (χ2n) is 7.48. The van der Waals surface area contributed by atoms with Gasteiger partial charge in [-0.2, -0.15) is 41.5 Å². The van der Waals surface area contributed by atoms with Crippen molar-refractivity contribution in [3.8, 4) is 0 Å². The van der Waals surface area contributed by atoms with Crippen molar-refractivity contribution in [1.82, 2.24) is 9.80 Å². The molecule has 2 rings (SSSR count). The first-order valence-corrected chi connectivity index (χ1v) is 11.4. The summed E-state index contributed by atoms with van der Waals surface area (Å²) in [5, 5.41) is 1.56. The first-order valence-electron chi connectivity index (χ1n) is 7.95. The van der Waals surface area contributed by atoms with Gasteiger partial charge in [0.15, 0.2) is 0 Å². The Bertz CT molecular complexity index is 497. The molecule has 0 aromatic heterocycles. The molecule has 0 radical (unpaired) electrons. The van der Waals surface area contributed by atoms with Gasteiger partial charge in [-0.1, -0.05) is 19.6 Å². The van der Waals surface area contributed by atoms with Crippen LogP contribution in [0.1, 0.15) is 11.1 Å². The van der Waals surface area contributed by atoms with Crippen LogP contribution < -0.4 is 5.19 Å². The van der Waals surface area contributed by atoms with Crippen LogP contribution >= 0.6 is 0 Å². The number of nitrogens with zero attached hydrogens (tertiary/aromatic N) is 2. The smallest absolute Gasteiger partial charge is 0.317 e. The molecular weight excluding hydrogens is 340 g/mol. The molecule has 0 atom stereocenters. The van der Waals surface area contributed by atoms with E-state index >= 15 is 0 Å². The molecule has 0 aliphatic heterocycles. The molecule has 0 aliphatic rings. The van der Waals surface area contributed by atoms with Crippen molar-refractivity contribution < 1.29 is 17.1 Å². The maximum atomic E-state index is 2.36. The number of rotatable bonds is 5. The Labute approximate surface area is 154 Å². The van der Waals surface area contributed by atoms with Gasteiger partial charge in [0.1, 0.15) is 0 Å². The topological polar surface area (TPSA) is 6.48 Å². The normalized spacial score (nSPS) is 11.2. The zero-order valence-corrected chi connectivity index (χ0v) is 17.8. The van der Waals surface area contributed by atoms with E-state index in [-0.39, 0.29) is 17.1 Å². The Hall–Kier alpha value is -0.644. The van der Waals surface area contributed by atoms with Crippen LogP contribution in [0.4, 0.5) is 0 Å². The van der Waals surface area contributed by atoms with Crippen molar-refractivity contribution in [2.24, 2.45) is 0 Å². The van der Waals surface area contributed by atoms with Crippen LogP contribution in [0.5, 0.6) is 0 Å². The molecule has 0 saturated heterocycles. The molecule has 4 heteroatoms. The Morgan fingerprint density at radius 2 is 1.52 bits per heavy atom. The van der Waals surface area contributed by atoms with Gasteiger partial charge in [-0.05, 0) is 41.3 Å². The Kier molecular flexibility index (Phi) is 9.98. The van der Waals surface area contributed by atoms with Gasteiger partial charge < -0.3 is 9.80 Å². The Balaban J connectivity index is 0.000000427. The zero-order valence-electron chi connectivity index (χ0n) is 15.7. The summed E-state index contributed by atoms with van der Waals surface area (Å²) in [5.74, 6) is 0. The van der Waals surface area contributed by atoms with Crippen LogP contribution in [-0.4, -0.2) is 46.1 Å². The van der Waals surface area contributed by atoms with E-state index in [1.165, 1.54) is 11.1 Å². The van der Waals surface area contributed by atoms with E-state index in [0.29, 0.717) is 0 Å². The maximum absolute atomic E-state index is 2.36. The zero-order chi connectivity index (χ0) is 16.8. The van der Waals surface area contributed by atoms with Crippen molar-refractivity contribution in [2.75, 3.05) is 28.2 Å². The third-order valence-electron chi connectivity index (χ3n) is 3.51. The van der Waals surface area contributed by atoms with Crippen LogP contribution in [0.25, 0.3) is 0 Å². The molecule has 23 heavy (non-hydrogen) atoms. The van der Waals surface area contributed by atoms with E-state index < -0.39 is 8.07 Å². The largest absolute Gasteiger partial charge is 2.00 e. The van der Waals surface area contributed by atoms with E-state index in [9.17, 15) is 0 Å². The minimum atomic E-state index is -0.981. The molecule has 0 heterocycles. The average Bonchev–Trinajstić information content (AvgIpc) is 3.00. The molecule has 0 unspecified atom stereocenters. The summed E-state index contributed by atoms with van der Waals surface area (Å²) in [4.78, 5) is 4.41. The fourth-order valence-electron chi connectivity index (χ4n) is 2.36. The van der Waals surface area contributed by atoms with Gasteiger partial charge in [0, 0.05) is 8.07 Å². The van der Waals surface area contributed by atoms with Crippen LogP contribution in [0.2, 0.25) is 19.6 Å². The standard InChI is InChI=1S/C11H19N2.C8H13Si.Fe/c1-12(2)8-10-6-5-7-11(10)9-13(3)4;1-9(2,3)8-6-4-5-7-8;/h5-7H,8-9H2,1-4H3;4-7H,1-3H3;/q2*-1;+2. The van der Waals surface area contributed by atoms with E-state index in [0.717, 1.165) is 13.1 Å². The van der Waals surface area contributed by atoms with Crippen molar-refractivity contribution in [1.29, 1.82) is 0 Å². The quantitative estimate of drug-likeness (QED) is 0.586. The van der Waals surface area contributed by atoms with Crippen molar-refractivity contribution >= 4 is 13.3 Å². The van der Waals surface area contributed by atoms with Gasteiger partial charge in [0.2, 0.25) is 0 Å². The maximum Gasteiger partial charge on any atom is 2.00 e. The first kappa shape index (κ1) is 22.4.